The average Bonchev–Trinajstić information content (AvgIpc) is 2.94. The van der Waals surface area contributed by atoms with Gasteiger partial charge in [-0.2, -0.15) is 0 Å². The fourth-order valence-corrected chi connectivity index (χ4v) is 2.52. The van der Waals surface area contributed by atoms with Crippen LogP contribution < -0.4 is 5.56 Å². The second kappa shape index (κ2) is 7.02. The third-order valence-corrected chi connectivity index (χ3v) is 3.90. The lowest BCUT2D eigenvalue weighted by atomic mass is 10.1. The number of nitrogens with one attached hydrogen (secondary N) is 1. The van der Waals surface area contributed by atoms with E-state index in [1.165, 1.54) is 41.1 Å². The number of allylic oxidation sites excluding steroid dienone is 1. The van der Waals surface area contributed by atoms with Gasteiger partial charge in [0.1, 0.15) is 0 Å². The maximum absolute atomic E-state index is 12.6. The standard InChI is InChI=1S/C19H15N3O4/c1-13-17(19(24)21(20-13)15-5-3-2-4-6-15)11-12-18(23)14-7-9-16(10-8-14)22(25)26/h2-12,20H,1H3/b12-11+. The Labute approximate surface area is 148 Å². The summed E-state index contributed by atoms with van der Waals surface area (Å²) in [4.78, 5) is 34.9. The molecule has 0 atom stereocenters. The Morgan fingerprint density at radius 2 is 1.77 bits per heavy atom. The van der Waals surface area contributed by atoms with Gasteiger partial charge >= 0.3 is 0 Å². The number of nitro benzene ring substituents is 1. The van der Waals surface area contributed by atoms with Crippen LogP contribution >= 0.6 is 0 Å². The van der Waals surface area contributed by atoms with Crippen molar-refractivity contribution in [3.05, 3.63) is 98.0 Å². The quantitative estimate of drug-likeness (QED) is 0.331. The molecule has 0 aliphatic rings. The number of H-pyrrole nitrogens is 1. The molecule has 0 bridgehead atoms. The number of aryl methyl sites for hydroxylation is 1. The van der Waals surface area contributed by atoms with Gasteiger partial charge in [-0.25, -0.2) is 4.68 Å². The van der Waals surface area contributed by atoms with Crippen LogP contribution in [0.3, 0.4) is 0 Å². The first kappa shape index (κ1) is 17.1. The van der Waals surface area contributed by atoms with Crippen molar-refractivity contribution in [3.8, 4) is 5.69 Å². The number of carbonyl (C=O) groups is 1. The van der Waals surface area contributed by atoms with Gasteiger partial charge in [0.25, 0.3) is 11.2 Å². The lowest BCUT2D eigenvalue weighted by Gasteiger charge is -1.99. The topological polar surface area (TPSA) is 98.0 Å². The lowest BCUT2D eigenvalue weighted by Crippen LogP contribution is -2.15. The molecule has 0 fully saturated rings. The largest absolute Gasteiger partial charge is 0.295 e. The SMILES string of the molecule is Cc1[nH]n(-c2ccccc2)c(=O)c1/C=C/C(=O)c1ccc([N+](=O)[O-])cc1. The monoisotopic (exact) mass is 349 g/mol. The van der Waals surface area contributed by atoms with E-state index in [2.05, 4.69) is 5.10 Å². The van der Waals surface area contributed by atoms with Crippen molar-refractivity contribution in [1.29, 1.82) is 0 Å². The van der Waals surface area contributed by atoms with Crippen molar-refractivity contribution in [3.63, 3.8) is 0 Å². The van der Waals surface area contributed by atoms with Gasteiger partial charge in [-0.1, -0.05) is 18.2 Å². The maximum atomic E-state index is 12.6. The van der Waals surface area contributed by atoms with Crippen molar-refractivity contribution in [1.82, 2.24) is 9.78 Å². The summed E-state index contributed by atoms with van der Waals surface area (Å²) in [5.74, 6) is -0.342. The summed E-state index contributed by atoms with van der Waals surface area (Å²) in [5.41, 5.74) is 1.67. The van der Waals surface area contributed by atoms with Crippen LogP contribution in [0.5, 0.6) is 0 Å². The number of hydrogen-bond donors (Lipinski definition) is 1. The molecule has 0 spiro atoms. The molecule has 0 unspecified atom stereocenters. The number of aromatic amines is 1. The van der Waals surface area contributed by atoms with E-state index in [-0.39, 0.29) is 17.0 Å². The summed E-state index contributed by atoms with van der Waals surface area (Å²) in [6, 6.07) is 14.4. The Hall–Kier alpha value is -3.74. The van der Waals surface area contributed by atoms with Gasteiger partial charge in [0.05, 0.1) is 16.2 Å². The van der Waals surface area contributed by atoms with Crippen molar-refractivity contribution in [2.45, 2.75) is 6.92 Å². The summed E-state index contributed by atoms with van der Waals surface area (Å²) in [5, 5.41) is 13.6. The summed E-state index contributed by atoms with van der Waals surface area (Å²) in [7, 11) is 0. The molecule has 0 saturated heterocycles. The number of aromatic nitrogens is 2. The van der Waals surface area contributed by atoms with Crippen LogP contribution in [-0.4, -0.2) is 20.5 Å². The first-order valence-electron chi connectivity index (χ1n) is 7.81. The van der Waals surface area contributed by atoms with E-state index in [0.29, 0.717) is 22.5 Å². The molecule has 2 aromatic carbocycles. The Morgan fingerprint density at radius 3 is 2.38 bits per heavy atom. The van der Waals surface area contributed by atoms with Gasteiger partial charge in [0.15, 0.2) is 5.78 Å². The molecular weight excluding hydrogens is 334 g/mol. The number of carbonyl (C=O) groups excluding carboxylic acids is 1. The summed E-state index contributed by atoms with van der Waals surface area (Å²) >= 11 is 0. The number of non-ortho nitro benzene ring substituents is 1. The van der Waals surface area contributed by atoms with E-state index >= 15 is 0 Å². The summed E-state index contributed by atoms with van der Waals surface area (Å²) < 4.78 is 1.41. The molecule has 1 heterocycles. The van der Waals surface area contributed by atoms with Crippen molar-refractivity contribution < 1.29 is 9.72 Å². The first-order chi connectivity index (χ1) is 12.5. The third-order valence-electron chi connectivity index (χ3n) is 3.90. The van der Waals surface area contributed by atoms with Crippen LogP contribution in [-0.2, 0) is 0 Å². The van der Waals surface area contributed by atoms with Crippen LogP contribution in [0.1, 0.15) is 21.6 Å². The number of nitrogens with zero attached hydrogens (tertiary/aromatic N) is 2. The minimum absolute atomic E-state index is 0.0854. The normalized spacial score (nSPS) is 11.0. The minimum atomic E-state index is -0.528. The van der Waals surface area contributed by atoms with Crippen LogP contribution in [0.15, 0.2) is 65.5 Å². The summed E-state index contributed by atoms with van der Waals surface area (Å²) in [6.07, 6.45) is 2.74. The van der Waals surface area contributed by atoms with E-state index in [9.17, 15) is 19.7 Å². The Bertz CT molecular complexity index is 1040. The van der Waals surface area contributed by atoms with Crippen molar-refractivity contribution >= 4 is 17.5 Å². The second-order valence-corrected chi connectivity index (χ2v) is 5.63. The fraction of sp³-hybridized carbons (Fsp3) is 0.0526. The van der Waals surface area contributed by atoms with Gasteiger partial charge in [-0.15, -0.1) is 0 Å². The fourth-order valence-electron chi connectivity index (χ4n) is 2.52. The predicted molar refractivity (Wildman–Crippen MR) is 97.6 cm³/mol. The highest BCUT2D eigenvalue weighted by Crippen LogP contribution is 2.13. The maximum Gasteiger partial charge on any atom is 0.278 e. The number of para-hydroxylation sites is 1. The van der Waals surface area contributed by atoms with E-state index in [4.69, 9.17) is 0 Å². The van der Waals surface area contributed by atoms with E-state index < -0.39 is 4.92 Å². The molecule has 3 rings (SSSR count). The minimum Gasteiger partial charge on any atom is -0.295 e. The van der Waals surface area contributed by atoms with Gasteiger partial charge < -0.3 is 0 Å². The zero-order valence-electron chi connectivity index (χ0n) is 13.9. The van der Waals surface area contributed by atoms with Crippen LogP contribution in [0, 0.1) is 17.0 Å². The molecule has 0 radical (unpaired) electrons. The van der Waals surface area contributed by atoms with E-state index in [0.717, 1.165) is 0 Å². The van der Waals surface area contributed by atoms with Crippen LogP contribution in [0.25, 0.3) is 11.8 Å². The number of rotatable bonds is 5. The van der Waals surface area contributed by atoms with Gasteiger partial charge in [0, 0.05) is 23.4 Å². The predicted octanol–water partition coefficient (Wildman–Crippen LogP) is 3.28. The molecule has 3 aromatic rings. The third kappa shape index (κ3) is 3.36. The Kier molecular flexibility index (Phi) is 4.62. The Balaban J connectivity index is 1.87. The van der Waals surface area contributed by atoms with Crippen LogP contribution in [0.4, 0.5) is 5.69 Å². The molecule has 0 aliphatic heterocycles. The average molecular weight is 349 g/mol. The highest BCUT2D eigenvalue weighted by Gasteiger charge is 2.11. The molecule has 0 aliphatic carbocycles. The lowest BCUT2D eigenvalue weighted by molar-refractivity contribution is -0.384. The van der Waals surface area contributed by atoms with E-state index in [1.54, 1.807) is 19.1 Å². The molecule has 0 amide bonds. The number of benzene rings is 2. The summed E-state index contributed by atoms with van der Waals surface area (Å²) in [6.45, 7) is 1.75. The molecular formula is C19H15N3O4. The molecule has 26 heavy (non-hydrogen) atoms. The van der Waals surface area contributed by atoms with Gasteiger partial charge in [-0.05, 0) is 43.3 Å². The molecule has 0 saturated carbocycles. The van der Waals surface area contributed by atoms with Crippen LogP contribution in [0.2, 0.25) is 0 Å². The Morgan fingerprint density at radius 1 is 1.12 bits per heavy atom. The smallest absolute Gasteiger partial charge is 0.278 e. The van der Waals surface area contributed by atoms with Crippen molar-refractivity contribution in [2.75, 3.05) is 0 Å². The van der Waals surface area contributed by atoms with Gasteiger partial charge in [-0.3, -0.25) is 24.8 Å². The second-order valence-electron chi connectivity index (χ2n) is 5.63. The molecule has 1 N–H and O–H groups in total. The van der Waals surface area contributed by atoms with Gasteiger partial charge in [0.2, 0.25) is 0 Å². The molecule has 7 heteroatoms. The zero-order valence-corrected chi connectivity index (χ0v) is 13.9. The highest BCUT2D eigenvalue weighted by molar-refractivity contribution is 6.06. The first-order valence-corrected chi connectivity index (χ1v) is 7.81. The number of ketones is 1. The van der Waals surface area contributed by atoms with Crippen molar-refractivity contribution in [2.24, 2.45) is 0 Å². The zero-order chi connectivity index (χ0) is 18.7. The molecule has 1 aromatic heterocycles. The highest BCUT2D eigenvalue weighted by atomic mass is 16.6. The number of hydrogen-bond acceptors (Lipinski definition) is 4. The number of nitro groups is 1. The molecule has 7 nitrogen and oxygen atoms in total. The van der Waals surface area contributed by atoms with E-state index in [1.807, 2.05) is 18.2 Å². The molecule has 130 valence electrons.